The first-order chi connectivity index (χ1) is 19.1. The lowest BCUT2D eigenvalue weighted by molar-refractivity contribution is 0.0549. The zero-order valence-electron chi connectivity index (χ0n) is 23.4. The van der Waals surface area contributed by atoms with Crippen LogP contribution in [0.2, 0.25) is 0 Å². The van der Waals surface area contributed by atoms with Crippen molar-refractivity contribution in [3.8, 4) is 11.3 Å². The van der Waals surface area contributed by atoms with Crippen LogP contribution in [0.25, 0.3) is 11.3 Å². The van der Waals surface area contributed by atoms with Crippen molar-refractivity contribution in [3.05, 3.63) is 78.2 Å². The third-order valence-electron chi connectivity index (χ3n) is 7.17. The van der Waals surface area contributed by atoms with Gasteiger partial charge in [0.1, 0.15) is 12.0 Å². The van der Waals surface area contributed by atoms with Crippen LogP contribution in [0, 0.1) is 5.41 Å². The molecule has 2 aromatic carbocycles. The number of amides is 3. The van der Waals surface area contributed by atoms with Gasteiger partial charge in [0.2, 0.25) is 0 Å². The number of hydrogen-bond acceptors (Lipinski definition) is 4. The maximum atomic E-state index is 15.0. The molecule has 0 radical (unpaired) electrons. The number of halogens is 1. The third kappa shape index (κ3) is 6.80. The lowest BCUT2D eigenvalue weighted by Crippen LogP contribution is -2.56. The number of imidazole rings is 1. The van der Waals surface area contributed by atoms with Crippen molar-refractivity contribution in [2.45, 2.75) is 39.5 Å². The Kier molecular flexibility index (Phi) is 9.09. The highest BCUT2D eigenvalue weighted by molar-refractivity contribution is 5.76. The molecule has 0 bridgehead atoms. The standard InChI is InChI=1S/C30H39FN6O3/c1-30(2,3)26(37(20-24(31)18-32)28(38)34-14-16-35(17-15-34)29(39)40)27-33-25(23-12-8-5-9-13-23)21-36(27)19-22-10-6-4-7-11-22/h4-13,21,24,26H,14-20,32H2,1-3H3,(H,39,40)/t24-,26+/m1/s1. The molecular formula is C30H39FN6O3. The highest BCUT2D eigenvalue weighted by Crippen LogP contribution is 2.40. The summed E-state index contributed by atoms with van der Waals surface area (Å²) in [6, 6.07) is 18.9. The summed E-state index contributed by atoms with van der Waals surface area (Å²) in [5.74, 6) is 0.650. The third-order valence-corrected chi connectivity index (χ3v) is 7.17. The van der Waals surface area contributed by atoms with Gasteiger partial charge >= 0.3 is 12.1 Å². The first-order valence-electron chi connectivity index (χ1n) is 13.6. The molecule has 40 heavy (non-hydrogen) atoms. The Hall–Kier alpha value is -3.92. The van der Waals surface area contributed by atoms with Gasteiger partial charge in [0.15, 0.2) is 0 Å². The maximum absolute atomic E-state index is 15.0. The smallest absolute Gasteiger partial charge is 0.407 e. The van der Waals surface area contributed by atoms with Crippen molar-refractivity contribution in [2.75, 3.05) is 39.3 Å². The molecule has 4 rings (SSSR count). The van der Waals surface area contributed by atoms with Gasteiger partial charge < -0.3 is 30.1 Å². The molecule has 0 unspecified atom stereocenters. The van der Waals surface area contributed by atoms with Crippen molar-refractivity contribution in [2.24, 2.45) is 11.1 Å². The van der Waals surface area contributed by atoms with Crippen LogP contribution in [0.1, 0.15) is 38.2 Å². The average molecular weight is 551 g/mol. The Morgan fingerprint density at radius 3 is 2.12 bits per heavy atom. The Morgan fingerprint density at radius 1 is 1.00 bits per heavy atom. The second-order valence-corrected chi connectivity index (χ2v) is 11.3. The highest BCUT2D eigenvalue weighted by Gasteiger charge is 2.41. The number of carbonyl (C=O) groups excluding carboxylic acids is 1. The van der Waals surface area contributed by atoms with E-state index in [0.717, 1.165) is 16.8 Å². The van der Waals surface area contributed by atoms with E-state index in [9.17, 15) is 14.7 Å². The molecule has 1 aliphatic rings. The summed E-state index contributed by atoms with van der Waals surface area (Å²) >= 11 is 0. The topological polar surface area (TPSA) is 108 Å². The zero-order chi connectivity index (χ0) is 28.9. The fourth-order valence-corrected chi connectivity index (χ4v) is 5.15. The summed E-state index contributed by atoms with van der Waals surface area (Å²) in [5.41, 5.74) is 7.94. The molecule has 3 N–H and O–H groups in total. The van der Waals surface area contributed by atoms with E-state index < -0.39 is 23.7 Å². The van der Waals surface area contributed by atoms with E-state index in [1.54, 1.807) is 9.80 Å². The molecule has 1 fully saturated rings. The number of alkyl halides is 1. The Labute approximate surface area is 235 Å². The van der Waals surface area contributed by atoms with Crippen molar-refractivity contribution < 1.29 is 19.1 Å². The molecule has 3 aromatic rings. The van der Waals surface area contributed by atoms with Crippen molar-refractivity contribution in [1.82, 2.24) is 24.3 Å². The largest absolute Gasteiger partial charge is 0.465 e. The van der Waals surface area contributed by atoms with Crippen LogP contribution in [-0.2, 0) is 6.54 Å². The fourth-order valence-electron chi connectivity index (χ4n) is 5.15. The molecule has 0 spiro atoms. The van der Waals surface area contributed by atoms with Gasteiger partial charge in [0.05, 0.1) is 18.3 Å². The Morgan fingerprint density at radius 2 is 1.57 bits per heavy atom. The van der Waals surface area contributed by atoms with E-state index in [2.05, 4.69) is 0 Å². The number of benzene rings is 2. The molecule has 2 atom stereocenters. The number of hydrogen-bond donors (Lipinski definition) is 2. The van der Waals surface area contributed by atoms with Gasteiger partial charge in [0, 0.05) is 51.0 Å². The molecular weight excluding hydrogens is 511 g/mol. The van der Waals surface area contributed by atoms with Gasteiger partial charge in [0.25, 0.3) is 0 Å². The van der Waals surface area contributed by atoms with E-state index >= 15 is 4.39 Å². The SMILES string of the molecule is CC(C)(C)[C@H](c1nc(-c2ccccc2)cn1Cc1ccccc1)N(C[C@H](F)CN)C(=O)N1CCN(C(=O)O)CC1. The van der Waals surface area contributed by atoms with E-state index in [1.807, 2.05) is 92.2 Å². The van der Waals surface area contributed by atoms with Gasteiger partial charge in [-0.15, -0.1) is 0 Å². The molecule has 1 saturated heterocycles. The van der Waals surface area contributed by atoms with E-state index in [4.69, 9.17) is 10.7 Å². The quantitative estimate of drug-likeness (QED) is 0.423. The molecule has 1 aromatic heterocycles. The van der Waals surface area contributed by atoms with Crippen molar-refractivity contribution >= 4 is 12.1 Å². The maximum Gasteiger partial charge on any atom is 0.407 e. The van der Waals surface area contributed by atoms with Crippen molar-refractivity contribution in [1.29, 1.82) is 0 Å². The average Bonchev–Trinajstić information content (AvgIpc) is 3.35. The van der Waals surface area contributed by atoms with Crippen LogP contribution >= 0.6 is 0 Å². The monoisotopic (exact) mass is 550 g/mol. The van der Waals surface area contributed by atoms with Crippen LogP contribution in [-0.4, -0.2) is 86.9 Å². The predicted molar refractivity (Wildman–Crippen MR) is 153 cm³/mol. The number of rotatable bonds is 8. The number of carbonyl (C=O) groups is 2. The molecule has 2 heterocycles. The number of nitrogens with zero attached hydrogens (tertiary/aromatic N) is 5. The molecule has 0 aliphatic carbocycles. The summed E-state index contributed by atoms with van der Waals surface area (Å²) < 4.78 is 17.1. The van der Waals surface area contributed by atoms with Crippen LogP contribution in [0.4, 0.5) is 14.0 Å². The van der Waals surface area contributed by atoms with Gasteiger partial charge in [-0.2, -0.15) is 0 Å². The second kappa shape index (κ2) is 12.5. The number of nitrogens with two attached hydrogens (primary N) is 1. The van der Waals surface area contributed by atoms with E-state index in [0.29, 0.717) is 12.4 Å². The summed E-state index contributed by atoms with van der Waals surface area (Å²) in [5, 5.41) is 9.35. The lowest BCUT2D eigenvalue weighted by atomic mass is 9.84. The lowest BCUT2D eigenvalue weighted by Gasteiger charge is -2.44. The minimum atomic E-state index is -1.43. The predicted octanol–water partition coefficient (Wildman–Crippen LogP) is 4.70. The van der Waals surface area contributed by atoms with Gasteiger partial charge in [-0.3, -0.25) is 0 Å². The van der Waals surface area contributed by atoms with Crippen LogP contribution < -0.4 is 5.73 Å². The van der Waals surface area contributed by atoms with E-state index in [1.165, 1.54) is 4.90 Å². The summed E-state index contributed by atoms with van der Waals surface area (Å²) in [6.45, 7) is 7.00. The van der Waals surface area contributed by atoms with Crippen molar-refractivity contribution in [3.63, 3.8) is 0 Å². The fraction of sp³-hybridized carbons (Fsp3) is 0.433. The number of piperazine rings is 1. The summed E-state index contributed by atoms with van der Waals surface area (Å²) in [6.07, 6.45) is -0.458. The number of urea groups is 1. The summed E-state index contributed by atoms with van der Waals surface area (Å²) in [4.78, 5) is 35.0. The molecule has 0 saturated carbocycles. The first-order valence-corrected chi connectivity index (χ1v) is 13.6. The van der Waals surface area contributed by atoms with E-state index in [-0.39, 0.29) is 45.3 Å². The zero-order valence-corrected chi connectivity index (χ0v) is 23.4. The second-order valence-electron chi connectivity index (χ2n) is 11.3. The number of aromatic nitrogens is 2. The minimum absolute atomic E-state index is 0.199. The molecule has 1 aliphatic heterocycles. The molecule has 9 nitrogen and oxygen atoms in total. The van der Waals surface area contributed by atoms with Gasteiger partial charge in [-0.05, 0) is 11.0 Å². The van der Waals surface area contributed by atoms with Gasteiger partial charge in [-0.1, -0.05) is 81.4 Å². The minimum Gasteiger partial charge on any atom is -0.465 e. The van der Waals surface area contributed by atoms with Gasteiger partial charge in [-0.25, -0.2) is 19.0 Å². The summed E-state index contributed by atoms with van der Waals surface area (Å²) in [7, 11) is 0. The highest BCUT2D eigenvalue weighted by atomic mass is 19.1. The molecule has 10 heteroatoms. The first kappa shape index (κ1) is 29.1. The normalized spacial score (nSPS) is 15.5. The molecule has 214 valence electrons. The molecule has 3 amide bonds. The van der Waals surface area contributed by atoms with Crippen LogP contribution in [0.5, 0.6) is 0 Å². The van der Waals surface area contributed by atoms with Crippen LogP contribution in [0.15, 0.2) is 66.9 Å². The number of carboxylic acid groups (broad SMARTS) is 1. The Balaban J connectivity index is 1.79. The van der Waals surface area contributed by atoms with Crippen LogP contribution in [0.3, 0.4) is 0 Å². The Bertz CT molecular complexity index is 1270.